The van der Waals surface area contributed by atoms with E-state index in [0.717, 1.165) is 42.7 Å². The fourth-order valence-corrected chi connectivity index (χ4v) is 5.99. The van der Waals surface area contributed by atoms with E-state index in [9.17, 15) is 9.59 Å². The molecule has 0 unspecified atom stereocenters. The lowest BCUT2D eigenvalue weighted by Crippen LogP contribution is -2.57. The number of hydrogen-bond donors (Lipinski definition) is 4. The Hall–Kier alpha value is -4.93. The Morgan fingerprint density at radius 2 is 1.51 bits per heavy atom. The normalized spacial score (nSPS) is 14.0. The van der Waals surface area contributed by atoms with Gasteiger partial charge >= 0.3 is 5.97 Å². The molecule has 0 atom stereocenters. The Morgan fingerprint density at radius 1 is 0.842 bits per heavy atom. The third-order valence-electron chi connectivity index (χ3n) is 9.24. The van der Waals surface area contributed by atoms with Crippen LogP contribution in [0.1, 0.15) is 73.9 Å². The highest BCUT2D eigenvalue weighted by Crippen LogP contribution is 2.29. The molecule has 5 N–H and O–H groups in total. The van der Waals surface area contributed by atoms with Crippen molar-refractivity contribution in [1.29, 1.82) is 5.41 Å². The highest BCUT2D eigenvalue weighted by atomic mass is 16.7. The highest BCUT2D eigenvalue weighted by Gasteiger charge is 2.39. The minimum absolute atomic E-state index is 0. The van der Waals surface area contributed by atoms with E-state index in [0.29, 0.717) is 95.7 Å². The third-order valence-corrected chi connectivity index (χ3v) is 9.24. The molecule has 2 aromatic carbocycles. The molecule has 15 heteroatoms. The highest BCUT2D eigenvalue weighted by molar-refractivity contribution is 6.07. The molecule has 0 radical (unpaired) electrons. The third kappa shape index (κ3) is 16.6. The predicted molar refractivity (Wildman–Crippen MR) is 221 cm³/mol. The first-order chi connectivity index (χ1) is 27.3. The molecule has 3 aromatic rings. The van der Waals surface area contributed by atoms with Crippen LogP contribution in [0.3, 0.4) is 0 Å². The summed E-state index contributed by atoms with van der Waals surface area (Å²) in [6.45, 7) is 5.13. The summed E-state index contributed by atoms with van der Waals surface area (Å²) in [5.41, 5.74) is 8.66. The number of esters is 1. The molecule has 1 fully saturated rings. The number of hydroxylamine groups is 2. The number of anilines is 1. The smallest absolute Gasteiger partial charge is 0.307 e. The first-order valence-electron chi connectivity index (χ1n) is 19.1. The van der Waals surface area contributed by atoms with Gasteiger partial charge in [-0.15, -0.1) is 0 Å². The molecule has 1 aliphatic heterocycles. The van der Waals surface area contributed by atoms with Crippen LogP contribution in [0.4, 0.5) is 5.69 Å². The number of amides is 1. The van der Waals surface area contributed by atoms with Crippen molar-refractivity contribution in [2.24, 2.45) is 10.7 Å². The Kier molecular flexibility index (Phi) is 21.3. The fraction of sp³-hybridized carbons (Fsp3) is 0.500. The maximum atomic E-state index is 13.3. The number of methoxy groups -OCH3 is 1. The number of carbonyl (C=O) groups excluding carboxylic acids is 2. The summed E-state index contributed by atoms with van der Waals surface area (Å²) in [7, 11) is 3.00. The SMILES string of the molecule is C.COC(=O)CCOCCOCCOCCCCCCOc1cccc(CNC(=O)c2cccc(NC3(C(N)=NC(=N)c4ccncc4)CCN(OC)CC3)c2)c1. The van der Waals surface area contributed by atoms with Gasteiger partial charge in [0.1, 0.15) is 11.6 Å². The molecule has 312 valence electrons. The summed E-state index contributed by atoms with van der Waals surface area (Å²) in [5, 5.41) is 17.0. The molecule has 0 aliphatic carbocycles. The summed E-state index contributed by atoms with van der Waals surface area (Å²) in [6, 6.07) is 18.5. The number of ether oxygens (including phenoxy) is 5. The number of nitrogens with one attached hydrogen (secondary N) is 3. The number of carbonyl (C=O) groups is 2. The number of rotatable bonds is 25. The molecular formula is C42H61N7O8. The summed E-state index contributed by atoms with van der Waals surface area (Å²) < 4.78 is 27.0. The molecule has 15 nitrogen and oxygen atoms in total. The van der Waals surface area contributed by atoms with Crippen molar-refractivity contribution in [2.75, 3.05) is 78.9 Å². The minimum atomic E-state index is -0.748. The summed E-state index contributed by atoms with van der Waals surface area (Å²) >= 11 is 0. The molecular weight excluding hydrogens is 731 g/mol. The van der Waals surface area contributed by atoms with Crippen molar-refractivity contribution in [2.45, 2.75) is 64.5 Å². The monoisotopic (exact) mass is 791 g/mol. The predicted octanol–water partition coefficient (Wildman–Crippen LogP) is 5.39. The van der Waals surface area contributed by atoms with Gasteiger partial charge in [0.15, 0.2) is 5.84 Å². The number of amidine groups is 2. The summed E-state index contributed by atoms with van der Waals surface area (Å²) in [4.78, 5) is 38.3. The van der Waals surface area contributed by atoms with Gasteiger partial charge in [0.2, 0.25) is 0 Å². The zero-order chi connectivity index (χ0) is 39.9. The van der Waals surface area contributed by atoms with Crippen molar-refractivity contribution in [3.63, 3.8) is 0 Å². The van der Waals surface area contributed by atoms with E-state index in [1.54, 1.807) is 43.8 Å². The summed E-state index contributed by atoms with van der Waals surface area (Å²) in [5.74, 6) is 0.618. The molecule has 0 spiro atoms. The van der Waals surface area contributed by atoms with Gasteiger partial charge in [-0.1, -0.05) is 32.0 Å². The molecule has 4 rings (SSSR count). The van der Waals surface area contributed by atoms with Crippen LogP contribution in [0, 0.1) is 5.41 Å². The molecule has 0 bridgehead atoms. The van der Waals surface area contributed by atoms with Gasteiger partial charge in [-0.3, -0.25) is 20.0 Å². The van der Waals surface area contributed by atoms with E-state index in [-0.39, 0.29) is 31.6 Å². The standard InChI is InChI=1S/C41H57N7O8.CH4/c1-51-37(49)15-24-54-26-28-55-27-25-53-22-5-3-4-6-23-56-36-12-7-9-32(29-36)31-45-39(50)34-10-8-11-35(30-34)47-41(16-20-48(52-2)21-17-41)40(43)46-38(42)33-13-18-44-19-14-33;/h7-14,18-19,29-30,47H,3-6,15-17,20-28,31H2,1-2H3,(H,45,50)(H3,42,43,46);1H4. The van der Waals surface area contributed by atoms with Crippen molar-refractivity contribution < 1.29 is 38.1 Å². The largest absolute Gasteiger partial charge is 0.494 e. The molecule has 1 saturated heterocycles. The van der Waals surface area contributed by atoms with E-state index in [1.807, 2.05) is 41.5 Å². The van der Waals surface area contributed by atoms with Crippen molar-refractivity contribution in [1.82, 2.24) is 15.4 Å². The molecule has 1 amide bonds. The number of unbranched alkanes of at least 4 members (excludes halogenated alkanes) is 3. The van der Waals surface area contributed by atoms with Crippen LogP contribution < -0.4 is 21.1 Å². The number of nitrogens with two attached hydrogens (primary N) is 1. The maximum Gasteiger partial charge on any atom is 0.307 e. The van der Waals surface area contributed by atoms with Crippen molar-refractivity contribution >= 4 is 29.2 Å². The zero-order valence-corrected chi connectivity index (χ0v) is 32.6. The number of aromatic nitrogens is 1. The van der Waals surface area contributed by atoms with Gasteiger partial charge in [0, 0.05) is 55.4 Å². The van der Waals surface area contributed by atoms with E-state index in [2.05, 4.69) is 25.3 Å². The van der Waals surface area contributed by atoms with Gasteiger partial charge in [-0.05, 0) is 80.1 Å². The lowest BCUT2D eigenvalue weighted by Gasteiger charge is -2.41. The van der Waals surface area contributed by atoms with E-state index < -0.39 is 5.54 Å². The first-order valence-corrected chi connectivity index (χ1v) is 19.1. The molecule has 57 heavy (non-hydrogen) atoms. The average molecular weight is 792 g/mol. The Labute approximate surface area is 337 Å². The number of hydrogen-bond acceptors (Lipinski definition) is 12. The quantitative estimate of drug-likeness (QED) is 0.0371. The van der Waals surface area contributed by atoms with Crippen molar-refractivity contribution in [3.8, 4) is 5.75 Å². The second-order valence-electron chi connectivity index (χ2n) is 13.2. The van der Waals surface area contributed by atoms with E-state index in [4.69, 9.17) is 34.9 Å². The van der Waals surface area contributed by atoms with Crippen molar-refractivity contribution in [3.05, 3.63) is 89.7 Å². The van der Waals surface area contributed by atoms with Gasteiger partial charge in [-0.2, -0.15) is 5.06 Å². The van der Waals surface area contributed by atoms with Crippen LogP contribution in [0.2, 0.25) is 0 Å². The maximum absolute atomic E-state index is 13.3. The number of piperidine rings is 1. The number of aliphatic imine (C=N–C) groups is 1. The van der Waals surface area contributed by atoms with Crippen LogP contribution in [0.25, 0.3) is 0 Å². The topological polar surface area (TPSA) is 192 Å². The van der Waals surface area contributed by atoms with Crippen LogP contribution in [-0.2, 0) is 35.1 Å². The molecule has 2 heterocycles. The number of pyridine rings is 1. The molecule has 1 aromatic heterocycles. The molecule has 1 aliphatic rings. The Bertz CT molecular complexity index is 1670. The fourth-order valence-electron chi connectivity index (χ4n) is 5.99. The summed E-state index contributed by atoms with van der Waals surface area (Å²) in [6.07, 6.45) is 8.63. The van der Waals surface area contributed by atoms with Crippen LogP contribution >= 0.6 is 0 Å². The van der Waals surface area contributed by atoms with Gasteiger partial charge in [0.25, 0.3) is 5.91 Å². The lowest BCUT2D eigenvalue weighted by molar-refractivity contribution is -0.145. The van der Waals surface area contributed by atoms with Gasteiger partial charge in [0.05, 0.1) is 65.8 Å². The number of nitrogens with zero attached hydrogens (tertiary/aromatic N) is 3. The van der Waals surface area contributed by atoms with Crippen LogP contribution in [0.15, 0.2) is 78.0 Å². The van der Waals surface area contributed by atoms with Gasteiger partial charge < -0.3 is 44.9 Å². The first kappa shape index (κ1) is 46.5. The molecule has 0 saturated carbocycles. The lowest BCUT2D eigenvalue weighted by atomic mass is 9.86. The number of benzene rings is 2. The van der Waals surface area contributed by atoms with E-state index >= 15 is 0 Å². The Balaban J connectivity index is 0.00000870. The second kappa shape index (κ2) is 26.1. The van der Waals surface area contributed by atoms with Crippen LogP contribution in [-0.4, -0.2) is 113 Å². The Morgan fingerprint density at radius 3 is 2.21 bits per heavy atom. The van der Waals surface area contributed by atoms with Gasteiger partial charge in [-0.25, -0.2) is 4.99 Å². The second-order valence-corrected chi connectivity index (χ2v) is 13.2. The van der Waals surface area contributed by atoms with Crippen LogP contribution in [0.5, 0.6) is 5.75 Å². The minimum Gasteiger partial charge on any atom is -0.494 e. The average Bonchev–Trinajstić information content (AvgIpc) is 3.23. The van der Waals surface area contributed by atoms with E-state index in [1.165, 1.54) is 7.11 Å². The zero-order valence-electron chi connectivity index (χ0n) is 32.6.